The zero-order chi connectivity index (χ0) is 13.0. The summed E-state index contributed by atoms with van der Waals surface area (Å²) >= 11 is 0. The molecular formula is C12H15N3O3. The van der Waals surface area contributed by atoms with Crippen LogP contribution in [0.15, 0.2) is 18.7 Å². The lowest BCUT2D eigenvalue weighted by Crippen LogP contribution is -2.29. The van der Waals surface area contributed by atoms with Gasteiger partial charge in [-0.2, -0.15) is 0 Å². The topological polar surface area (TPSA) is 92.2 Å². The van der Waals surface area contributed by atoms with E-state index < -0.39 is 5.97 Å². The Balaban J connectivity index is 1.86. The number of aliphatic carboxylic acids is 1. The minimum Gasteiger partial charge on any atom is -0.481 e. The highest BCUT2D eigenvalue weighted by atomic mass is 16.4. The van der Waals surface area contributed by atoms with Crippen LogP contribution in [0.2, 0.25) is 0 Å². The molecule has 2 N–H and O–H groups in total. The molecule has 6 nitrogen and oxygen atoms in total. The van der Waals surface area contributed by atoms with Crippen LogP contribution in [0.5, 0.6) is 0 Å². The third-order valence-electron chi connectivity index (χ3n) is 3.28. The fourth-order valence-electron chi connectivity index (χ4n) is 2.21. The quantitative estimate of drug-likeness (QED) is 0.842. The van der Waals surface area contributed by atoms with Crippen molar-refractivity contribution in [2.24, 2.45) is 11.8 Å². The van der Waals surface area contributed by atoms with Crippen molar-refractivity contribution in [3.63, 3.8) is 0 Å². The lowest BCUT2D eigenvalue weighted by molar-refractivity contribution is -0.143. The van der Waals surface area contributed by atoms with Crippen molar-refractivity contribution in [1.82, 2.24) is 9.97 Å². The highest BCUT2D eigenvalue weighted by molar-refractivity contribution is 5.92. The average molecular weight is 249 g/mol. The second-order valence-corrected chi connectivity index (χ2v) is 4.50. The van der Waals surface area contributed by atoms with Crippen molar-refractivity contribution in [3.05, 3.63) is 18.7 Å². The molecule has 18 heavy (non-hydrogen) atoms. The summed E-state index contributed by atoms with van der Waals surface area (Å²) in [5.41, 5.74) is 0.572. The van der Waals surface area contributed by atoms with E-state index in [0.717, 1.165) is 0 Å². The summed E-state index contributed by atoms with van der Waals surface area (Å²) in [7, 11) is 0. The monoisotopic (exact) mass is 249 g/mol. The first kappa shape index (κ1) is 12.5. The van der Waals surface area contributed by atoms with Crippen molar-refractivity contribution in [3.8, 4) is 0 Å². The minimum atomic E-state index is -0.759. The number of amides is 1. The molecule has 0 radical (unpaired) electrons. The highest BCUT2D eigenvalue weighted by Crippen LogP contribution is 2.29. The molecule has 6 heteroatoms. The Morgan fingerprint density at radius 1 is 1.11 bits per heavy atom. The van der Waals surface area contributed by atoms with Gasteiger partial charge in [0.05, 0.1) is 24.0 Å². The molecule has 96 valence electrons. The van der Waals surface area contributed by atoms with Gasteiger partial charge in [-0.05, 0) is 25.7 Å². The summed E-state index contributed by atoms with van der Waals surface area (Å²) in [5.74, 6) is -1.24. The van der Waals surface area contributed by atoms with Crippen LogP contribution in [-0.2, 0) is 9.59 Å². The molecule has 1 saturated carbocycles. The van der Waals surface area contributed by atoms with E-state index in [1.807, 2.05) is 0 Å². The summed E-state index contributed by atoms with van der Waals surface area (Å²) in [4.78, 5) is 30.4. The molecule has 0 bridgehead atoms. The smallest absolute Gasteiger partial charge is 0.306 e. The van der Waals surface area contributed by atoms with E-state index >= 15 is 0 Å². The Morgan fingerprint density at radius 3 is 2.22 bits per heavy atom. The van der Waals surface area contributed by atoms with Crippen molar-refractivity contribution in [1.29, 1.82) is 0 Å². The maximum atomic E-state index is 11.9. The molecule has 0 spiro atoms. The SMILES string of the molecule is O=C(O)C1CCC(C(=O)Nc2cncnc2)CC1. The van der Waals surface area contributed by atoms with Gasteiger partial charge < -0.3 is 10.4 Å². The number of carbonyl (C=O) groups excluding carboxylic acids is 1. The van der Waals surface area contributed by atoms with E-state index in [1.54, 1.807) is 0 Å². The van der Waals surface area contributed by atoms with Crippen molar-refractivity contribution in [2.75, 3.05) is 5.32 Å². The van der Waals surface area contributed by atoms with Crippen LogP contribution in [0.25, 0.3) is 0 Å². The summed E-state index contributed by atoms with van der Waals surface area (Å²) < 4.78 is 0. The molecule has 0 aliphatic heterocycles. The number of hydrogen-bond acceptors (Lipinski definition) is 4. The largest absolute Gasteiger partial charge is 0.481 e. The molecule has 1 aliphatic rings. The fraction of sp³-hybridized carbons (Fsp3) is 0.500. The molecule has 0 saturated heterocycles. The first-order chi connectivity index (χ1) is 8.66. The average Bonchev–Trinajstić information content (AvgIpc) is 2.40. The van der Waals surface area contributed by atoms with E-state index in [2.05, 4.69) is 15.3 Å². The van der Waals surface area contributed by atoms with E-state index in [1.165, 1.54) is 18.7 Å². The predicted octanol–water partition coefficient (Wildman–Crippen LogP) is 1.31. The molecule has 1 aliphatic carbocycles. The van der Waals surface area contributed by atoms with E-state index in [0.29, 0.717) is 31.4 Å². The Bertz CT molecular complexity index is 427. The molecule has 1 aromatic heterocycles. The van der Waals surface area contributed by atoms with Gasteiger partial charge in [-0.3, -0.25) is 9.59 Å². The normalized spacial score (nSPS) is 23.3. The van der Waals surface area contributed by atoms with Gasteiger partial charge in [-0.1, -0.05) is 0 Å². The van der Waals surface area contributed by atoms with Gasteiger partial charge in [0, 0.05) is 5.92 Å². The van der Waals surface area contributed by atoms with Crippen LogP contribution in [0.1, 0.15) is 25.7 Å². The van der Waals surface area contributed by atoms with Crippen LogP contribution in [0.3, 0.4) is 0 Å². The molecule has 1 fully saturated rings. The van der Waals surface area contributed by atoms with Gasteiger partial charge in [-0.15, -0.1) is 0 Å². The van der Waals surface area contributed by atoms with Crippen LogP contribution in [0, 0.1) is 11.8 Å². The second-order valence-electron chi connectivity index (χ2n) is 4.50. The zero-order valence-corrected chi connectivity index (χ0v) is 9.87. The maximum absolute atomic E-state index is 11.9. The molecule has 1 aromatic rings. The third-order valence-corrected chi connectivity index (χ3v) is 3.28. The Kier molecular flexibility index (Phi) is 3.86. The lowest BCUT2D eigenvalue weighted by Gasteiger charge is -2.25. The van der Waals surface area contributed by atoms with Gasteiger partial charge >= 0.3 is 5.97 Å². The Hall–Kier alpha value is -1.98. The number of hydrogen-bond donors (Lipinski definition) is 2. The molecule has 0 unspecified atom stereocenters. The van der Waals surface area contributed by atoms with E-state index in [4.69, 9.17) is 5.11 Å². The number of nitrogens with zero attached hydrogens (tertiary/aromatic N) is 2. The van der Waals surface area contributed by atoms with Gasteiger partial charge in [-0.25, -0.2) is 9.97 Å². The Morgan fingerprint density at radius 2 is 1.67 bits per heavy atom. The Labute approximate surface area is 104 Å². The van der Waals surface area contributed by atoms with Crippen LogP contribution < -0.4 is 5.32 Å². The number of nitrogens with one attached hydrogen (secondary N) is 1. The van der Waals surface area contributed by atoms with Gasteiger partial charge in [0.2, 0.25) is 5.91 Å². The van der Waals surface area contributed by atoms with Crippen molar-refractivity contribution in [2.45, 2.75) is 25.7 Å². The van der Waals surface area contributed by atoms with Crippen LogP contribution in [0.4, 0.5) is 5.69 Å². The second kappa shape index (κ2) is 5.57. The number of aromatic nitrogens is 2. The predicted molar refractivity (Wildman–Crippen MR) is 63.7 cm³/mol. The van der Waals surface area contributed by atoms with Crippen LogP contribution in [-0.4, -0.2) is 27.0 Å². The molecule has 1 heterocycles. The summed E-state index contributed by atoms with van der Waals surface area (Å²) in [5, 5.41) is 11.6. The standard InChI is InChI=1S/C12H15N3O3/c16-11(15-10-5-13-7-14-6-10)8-1-3-9(4-2-8)12(17)18/h5-9H,1-4H2,(H,15,16)(H,17,18). The van der Waals surface area contributed by atoms with Crippen molar-refractivity contribution >= 4 is 17.6 Å². The lowest BCUT2D eigenvalue weighted by atomic mass is 9.81. The number of anilines is 1. The number of carbonyl (C=O) groups is 2. The van der Waals surface area contributed by atoms with Crippen LogP contribution >= 0.6 is 0 Å². The molecule has 1 amide bonds. The molecule has 0 aromatic carbocycles. The van der Waals surface area contributed by atoms with Gasteiger partial charge in [0.25, 0.3) is 0 Å². The molecule has 2 rings (SSSR count). The fourth-order valence-corrected chi connectivity index (χ4v) is 2.21. The first-order valence-corrected chi connectivity index (χ1v) is 5.95. The summed E-state index contributed by atoms with van der Waals surface area (Å²) in [6.45, 7) is 0. The zero-order valence-electron chi connectivity index (χ0n) is 9.87. The van der Waals surface area contributed by atoms with Gasteiger partial charge in [0.15, 0.2) is 0 Å². The first-order valence-electron chi connectivity index (χ1n) is 5.95. The third kappa shape index (κ3) is 3.03. The number of carboxylic acid groups (broad SMARTS) is 1. The summed E-state index contributed by atoms with van der Waals surface area (Å²) in [6.07, 6.45) is 6.85. The highest BCUT2D eigenvalue weighted by Gasteiger charge is 2.29. The minimum absolute atomic E-state index is 0.0753. The van der Waals surface area contributed by atoms with E-state index in [-0.39, 0.29) is 17.7 Å². The maximum Gasteiger partial charge on any atom is 0.306 e. The number of carboxylic acids is 1. The number of rotatable bonds is 3. The molecular weight excluding hydrogens is 234 g/mol. The van der Waals surface area contributed by atoms with E-state index in [9.17, 15) is 9.59 Å². The summed E-state index contributed by atoms with van der Waals surface area (Å²) in [6, 6.07) is 0. The molecule has 0 atom stereocenters. The van der Waals surface area contributed by atoms with Crippen molar-refractivity contribution < 1.29 is 14.7 Å². The van der Waals surface area contributed by atoms with Gasteiger partial charge in [0.1, 0.15) is 6.33 Å².